The van der Waals surface area contributed by atoms with Crippen molar-refractivity contribution in [2.24, 2.45) is 0 Å². The molecule has 0 heterocycles. The zero-order chi connectivity index (χ0) is 14.1. The molecule has 0 saturated heterocycles. The second kappa shape index (κ2) is 8.53. The molecular weight excluding hydrogens is 244 g/mol. The fraction of sp³-hybridized carbons (Fsp3) is 0.533. The van der Waals surface area contributed by atoms with Crippen LogP contribution in [0.5, 0.6) is 5.75 Å². The largest absolute Gasteiger partial charge is 0.493 e. The summed E-state index contributed by atoms with van der Waals surface area (Å²) in [5.74, 6) is -0.177. The van der Waals surface area contributed by atoms with Crippen LogP contribution in [0.3, 0.4) is 0 Å². The highest BCUT2D eigenvalue weighted by Crippen LogP contribution is 2.14. The van der Waals surface area contributed by atoms with Crippen molar-refractivity contribution in [3.63, 3.8) is 0 Å². The Bertz CT molecular complexity index is 372. The molecule has 0 spiro atoms. The highest BCUT2D eigenvalue weighted by atomic mass is 16.5. The van der Waals surface area contributed by atoms with Gasteiger partial charge in [-0.25, -0.2) is 4.79 Å². The van der Waals surface area contributed by atoms with Crippen molar-refractivity contribution in [1.29, 1.82) is 0 Å². The zero-order valence-corrected chi connectivity index (χ0v) is 11.6. The van der Waals surface area contributed by atoms with E-state index in [0.29, 0.717) is 19.6 Å². The monoisotopic (exact) mass is 266 g/mol. The maximum Gasteiger partial charge on any atom is 0.332 e. The molecular formula is C15H22O4. The number of hydrogen-bond donors (Lipinski definition) is 1. The van der Waals surface area contributed by atoms with Crippen molar-refractivity contribution in [3.05, 3.63) is 29.8 Å². The predicted octanol–water partition coefficient (Wildman–Crippen LogP) is 2.90. The minimum atomic E-state index is -0.941. The number of aryl methyl sites for hydroxylation is 1. The van der Waals surface area contributed by atoms with Gasteiger partial charge in [-0.3, -0.25) is 0 Å². The predicted molar refractivity (Wildman–Crippen MR) is 73.6 cm³/mol. The molecule has 0 radical (unpaired) electrons. The molecule has 4 nitrogen and oxygen atoms in total. The Labute approximate surface area is 114 Å². The third-order valence-electron chi connectivity index (χ3n) is 2.75. The molecule has 0 aliphatic carbocycles. The van der Waals surface area contributed by atoms with E-state index in [0.717, 1.165) is 18.6 Å². The Hall–Kier alpha value is -1.55. The van der Waals surface area contributed by atoms with E-state index in [1.54, 1.807) is 6.92 Å². The Balaban J connectivity index is 2.37. The molecule has 0 aromatic heterocycles. The third-order valence-corrected chi connectivity index (χ3v) is 2.75. The van der Waals surface area contributed by atoms with E-state index in [4.69, 9.17) is 14.6 Å². The number of carbonyl (C=O) groups is 1. The molecule has 0 aliphatic rings. The number of hydrogen-bond acceptors (Lipinski definition) is 3. The lowest BCUT2D eigenvalue weighted by Crippen LogP contribution is -2.26. The normalized spacial score (nSPS) is 12.1. The second-order valence-corrected chi connectivity index (χ2v) is 4.31. The SMILES string of the molecule is CCCc1ccc(OCCC(OCC)C(=O)O)cc1. The molecule has 106 valence electrons. The van der Waals surface area contributed by atoms with Gasteiger partial charge in [0, 0.05) is 13.0 Å². The molecule has 1 aromatic rings. The summed E-state index contributed by atoms with van der Waals surface area (Å²) in [6.45, 7) is 4.65. The van der Waals surface area contributed by atoms with Crippen molar-refractivity contribution >= 4 is 5.97 Å². The molecule has 1 unspecified atom stereocenters. The quantitative estimate of drug-likeness (QED) is 0.746. The lowest BCUT2D eigenvalue weighted by molar-refractivity contribution is -0.150. The van der Waals surface area contributed by atoms with Gasteiger partial charge in [-0.2, -0.15) is 0 Å². The van der Waals surface area contributed by atoms with Crippen LogP contribution in [0.1, 0.15) is 32.3 Å². The molecule has 1 aromatic carbocycles. The summed E-state index contributed by atoms with van der Waals surface area (Å²) < 4.78 is 10.6. The summed E-state index contributed by atoms with van der Waals surface area (Å²) in [6, 6.07) is 7.91. The maximum absolute atomic E-state index is 10.9. The van der Waals surface area contributed by atoms with Crippen molar-refractivity contribution in [2.75, 3.05) is 13.2 Å². The smallest absolute Gasteiger partial charge is 0.332 e. The Morgan fingerprint density at radius 3 is 2.47 bits per heavy atom. The van der Waals surface area contributed by atoms with Gasteiger partial charge in [0.15, 0.2) is 6.10 Å². The van der Waals surface area contributed by atoms with Crippen molar-refractivity contribution in [3.8, 4) is 5.75 Å². The molecule has 0 bridgehead atoms. The van der Waals surface area contributed by atoms with E-state index in [9.17, 15) is 4.79 Å². The highest BCUT2D eigenvalue weighted by molar-refractivity contribution is 5.72. The van der Waals surface area contributed by atoms with Gasteiger partial charge in [-0.1, -0.05) is 25.5 Å². The topological polar surface area (TPSA) is 55.8 Å². The number of aliphatic carboxylic acids is 1. The fourth-order valence-electron chi connectivity index (χ4n) is 1.80. The van der Waals surface area contributed by atoms with Gasteiger partial charge >= 0.3 is 5.97 Å². The average molecular weight is 266 g/mol. The Morgan fingerprint density at radius 2 is 1.95 bits per heavy atom. The van der Waals surface area contributed by atoms with E-state index < -0.39 is 12.1 Å². The van der Waals surface area contributed by atoms with E-state index in [-0.39, 0.29) is 0 Å². The number of carboxylic acid groups (broad SMARTS) is 1. The summed E-state index contributed by atoms with van der Waals surface area (Å²) in [5.41, 5.74) is 1.28. The maximum atomic E-state index is 10.9. The van der Waals surface area contributed by atoms with E-state index in [1.165, 1.54) is 5.56 Å². The molecule has 0 saturated carbocycles. The van der Waals surface area contributed by atoms with Crippen molar-refractivity contribution in [1.82, 2.24) is 0 Å². The van der Waals surface area contributed by atoms with Gasteiger partial charge in [0.25, 0.3) is 0 Å². The summed E-state index contributed by atoms with van der Waals surface area (Å²) in [4.78, 5) is 10.9. The van der Waals surface area contributed by atoms with E-state index >= 15 is 0 Å². The lowest BCUT2D eigenvalue weighted by Gasteiger charge is -2.13. The van der Waals surface area contributed by atoms with Gasteiger partial charge in [0.2, 0.25) is 0 Å². The van der Waals surface area contributed by atoms with Gasteiger partial charge < -0.3 is 14.6 Å². The van der Waals surface area contributed by atoms with Gasteiger partial charge in [-0.05, 0) is 31.0 Å². The lowest BCUT2D eigenvalue weighted by atomic mass is 10.1. The molecule has 4 heteroatoms. The van der Waals surface area contributed by atoms with Crippen molar-refractivity contribution in [2.45, 2.75) is 39.2 Å². The first-order chi connectivity index (χ1) is 9.17. The molecule has 0 fully saturated rings. The van der Waals surface area contributed by atoms with E-state index in [2.05, 4.69) is 6.92 Å². The van der Waals surface area contributed by atoms with Crippen LogP contribution in [0.15, 0.2) is 24.3 Å². The minimum Gasteiger partial charge on any atom is -0.493 e. The first kappa shape index (κ1) is 15.5. The number of benzene rings is 1. The Morgan fingerprint density at radius 1 is 1.26 bits per heavy atom. The van der Waals surface area contributed by atoms with Gasteiger partial charge in [-0.15, -0.1) is 0 Å². The summed E-state index contributed by atoms with van der Waals surface area (Å²) in [7, 11) is 0. The molecule has 0 amide bonds. The molecule has 1 rings (SSSR count). The van der Waals surface area contributed by atoms with Crippen LogP contribution < -0.4 is 4.74 Å². The van der Waals surface area contributed by atoms with Crippen LogP contribution in [0.4, 0.5) is 0 Å². The zero-order valence-electron chi connectivity index (χ0n) is 11.6. The van der Waals surface area contributed by atoms with Crippen LogP contribution in [-0.2, 0) is 16.0 Å². The van der Waals surface area contributed by atoms with E-state index in [1.807, 2.05) is 24.3 Å². The summed E-state index contributed by atoms with van der Waals surface area (Å²) >= 11 is 0. The highest BCUT2D eigenvalue weighted by Gasteiger charge is 2.16. The molecule has 0 aliphatic heterocycles. The van der Waals surface area contributed by atoms with Crippen molar-refractivity contribution < 1.29 is 19.4 Å². The summed E-state index contributed by atoms with van der Waals surface area (Å²) in [6.07, 6.45) is 1.74. The second-order valence-electron chi connectivity index (χ2n) is 4.31. The fourth-order valence-corrected chi connectivity index (χ4v) is 1.80. The summed E-state index contributed by atoms with van der Waals surface area (Å²) in [5, 5.41) is 8.92. The first-order valence-electron chi connectivity index (χ1n) is 6.73. The van der Waals surface area contributed by atoms with Crippen LogP contribution in [-0.4, -0.2) is 30.4 Å². The standard InChI is InChI=1S/C15H22O4/c1-3-5-12-6-8-13(9-7-12)19-11-10-14(15(16)17)18-4-2/h6-9,14H,3-5,10-11H2,1-2H3,(H,16,17). The van der Waals surface area contributed by atoms with Crippen LogP contribution in [0.25, 0.3) is 0 Å². The first-order valence-corrected chi connectivity index (χ1v) is 6.73. The molecule has 1 atom stereocenters. The minimum absolute atomic E-state index is 0.337. The van der Waals surface area contributed by atoms with Crippen LogP contribution >= 0.6 is 0 Å². The average Bonchev–Trinajstić information content (AvgIpc) is 2.40. The third kappa shape index (κ3) is 5.75. The van der Waals surface area contributed by atoms with Gasteiger partial charge in [0.05, 0.1) is 6.61 Å². The molecule has 19 heavy (non-hydrogen) atoms. The number of rotatable bonds is 9. The molecule has 1 N–H and O–H groups in total. The van der Waals surface area contributed by atoms with Crippen LogP contribution in [0, 0.1) is 0 Å². The Kier molecular flexibility index (Phi) is 6.97. The number of carboxylic acids is 1. The number of ether oxygens (including phenoxy) is 2. The van der Waals surface area contributed by atoms with Gasteiger partial charge in [0.1, 0.15) is 5.75 Å². The van der Waals surface area contributed by atoms with Crippen LogP contribution in [0.2, 0.25) is 0 Å².